The maximum Gasteiger partial charge on any atom is 0.144 e. The first-order valence-electron chi connectivity index (χ1n) is 5.57. The second kappa shape index (κ2) is 5.92. The van der Waals surface area contributed by atoms with Crippen LogP contribution in [-0.4, -0.2) is 0 Å². The van der Waals surface area contributed by atoms with E-state index in [2.05, 4.69) is 10.2 Å². The fourth-order valence-corrected chi connectivity index (χ4v) is 1.51. The van der Waals surface area contributed by atoms with Crippen molar-refractivity contribution in [2.75, 3.05) is 0 Å². The zero-order chi connectivity index (χ0) is 11.9. The lowest BCUT2D eigenvalue weighted by molar-refractivity contribution is 0.692. The molecular weight excluding hydrogens is 210 g/mol. The number of azo groups is 1. The van der Waals surface area contributed by atoms with Gasteiger partial charge in [0.05, 0.1) is 6.54 Å². The number of benzene rings is 2. The Labute approximate surface area is 101 Å². The fourth-order valence-electron chi connectivity index (χ4n) is 1.51. The van der Waals surface area contributed by atoms with Gasteiger partial charge in [-0.15, -0.1) is 0 Å². The van der Waals surface area contributed by atoms with Crippen LogP contribution in [0.2, 0.25) is 0 Å². The Morgan fingerprint density at radius 1 is 0.882 bits per heavy atom. The molecule has 0 amide bonds. The summed E-state index contributed by atoms with van der Waals surface area (Å²) in [5, 5.41) is 8.21. The highest BCUT2D eigenvalue weighted by molar-refractivity contribution is 5.18. The second-order valence-corrected chi connectivity index (χ2v) is 3.76. The van der Waals surface area contributed by atoms with Crippen molar-refractivity contribution in [3.63, 3.8) is 0 Å². The quantitative estimate of drug-likeness (QED) is 0.797. The van der Waals surface area contributed by atoms with Crippen LogP contribution in [0.4, 0.5) is 0 Å². The number of rotatable bonds is 4. The summed E-state index contributed by atoms with van der Waals surface area (Å²) in [5.74, 6) is 0. The van der Waals surface area contributed by atoms with E-state index in [4.69, 9.17) is 5.73 Å². The van der Waals surface area contributed by atoms with Crippen LogP contribution in [0.3, 0.4) is 0 Å². The van der Waals surface area contributed by atoms with Gasteiger partial charge in [-0.05, 0) is 11.1 Å². The Kier molecular flexibility index (Phi) is 4.00. The van der Waals surface area contributed by atoms with Gasteiger partial charge in [0.15, 0.2) is 0 Å². The molecule has 3 nitrogen and oxygen atoms in total. The lowest BCUT2D eigenvalue weighted by Crippen LogP contribution is -2.06. The van der Waals surface area contributed by atoms with E-state index >= 15 is 0 Å². The summed E-state index contributed by atoms with van der Waals surface area (Å²) in [4.78, 5) is 0. The van der Waals surface area contributed by atoms with Crippen LogP contribution < -0.4 is 5.73 Å². The first-order valence-corrected chi connectivity index (χ1v) is 5.57. The van der Waals surface area contributed by atoms with Crippen molar-refractivity contribution in [1.29, 1.82) is 0 Å². The highest BCUT2D eigenvalue weighted by Crippen LogP contribution is 2.11. The lowest BCUT2D eigenvalue weighted by Gasteiger charge is -2.04. The molecule has 1 atom stereocenters. The number of hydrogen-bond donors (Lipinski definition) is 1. The van der Waals surface area contributed by atoms with Crippen molar-refractivity contribution in [2.45, 2.75) is 12.7 Å². The minimum absolute atomic E-state index is 0.375. The third-order valence-electron chi connectivity index (χ3n) is 2.44. The molecule has 0 aromatic heterocycles. The van der Waals surface area contributed by atoms with E-state index in [1.54, 1.807) is 0 Å². The number of hydrogen-bond acceptors (Lipinski definition) is 3. The maximum absolute atomic E-state index is 5.90. The zero-order valence-corrected chi connectivity index (χ0v) is 9.53. The van der Waals surface area contributed by atoms with E-state index in [1.165, 1.54) is 0 Å². The SMILES string of the molecule is NC(N=NCc1ccccc1)c1ccccc1. The van der Waals surface area contributed by atoms with Gasteiger partial charge in [-0.2, -0.15) is 10.2 Å². The lowest BCUT2D eigenvalue weighted by atomic mass is 10.2. The van der Waals surface area contributed by atoms with Crippen molar-refractivity contribution in [2.24, 2.45) is 16.0 Å². The highest BCUT2D eigenvalue weighted by atomic mass is 15.2. The molecule has 0 aliphatic heterocycles. The first kappa shape index (κ1) is 11.5. The molecule has 1 unspecified atom stereocenters. The van der Waals surface area contributed by atoms with Crippen LogP contribution in [0.5, 0.6) is 0 Å². The predicted octanol–water partition coefficient (Wildman–Crippen LogP) is 3.30. The minimum atomic E-state index is -0.375. The van der Waals surface area contributed by atoms with Crippen LogP contribution in [-0.2, 0) is 6.54 Å². The van der Waals surface area contributed by atoms with Gasteiger partial charge >= 0.3 is 0 Å². The summed E-state index contributed by atoms with van der Waals surface area (Å²) >= 11 is 0. The molecule has 2 N–H and O–H groups in total. The van der Waals surface area contributed by atoms with Gasteiger partial charge in [0, 0.05) is 0 Å². The molecule has 0 aliphatic rings. The van der Waals surface area contributed by atoms with Crippen molar-refractivity contribution in [3.8, 4) is 0 Å². The van der Waals surface area contributed by atoms with Crippen LogP contribution in [0.15, 0.2) is 70.9 Å². The molecule has 0 spiro atoms. The molecule has 0 saturated heterocycles. The normalized spacial score (nSPS) is 12.8. The average molecular weight is 225 g/mol. The number of nitrogens with two attached hydrogens (primary N) is 1. The summed E-state index contributed by atoms with van der Waals surface area (Å²) in [6.45, 7) is 0.571. The van der Waals surface area contributed by atoms with Gasteiger partial charge in [0.1, 0.15) is 6.17 Å². The molecule has 0 saturated carbocycles. The van der Waals surface area contributed by atoms with E-state index in [-0.39, 0.29) is 6.17 Å². The standard InChI is InChI=1S/C14H15N3/c15-14(13-9-5-2-6-10-13)17-16-11-12-7-3-1-4-8-12/h1-10,14H,11,15H2. The van der Waals surface area contributed by atoms with Crippen molar-refractivity contribution in [3.05, 3.63) is 71.8 Å². The molecule has 17 heavy (non-hydrogen) atoms. The molecule has 0 fully saturated rings. The van der Waals surface area contributed by atoms with Crippen LogP contribution in [0.25, 0.3) is 0 Å². The van der Waals surface area contributed by atoms with Crippen molar-refractivity contribution < 1.29 is 0 Å². The van der Waals surface area contributed by atoms with E-state index in [0.29, 0.717) is 6.54 Å². The van der Waals surface area contributed by atoms with Gasteiger partial charge in [-0.25, -0.2) is 0 Å². The van der Waals surface area contributed by atoms with Crippen LogP contribution in [0, 0.1) is 0 Å². The van der Waals surface area contributed by atoms with E-state index in [1.807, 2.05) is 60.7 Å². The summed E-state index contributed by atoms with van der Waals surface area (Å²) in [6.07, 6.45) is -0.375. The Balaban J connectivity index is 1.93. The molecule has 3 heteroatoms. The topological polar surface area (TPSA) is 50.7 Å². The maximum atomic E-state index is 5.90. The largest absolute Gasteiger partial charge is 0.304 e. The molecule has 0 heterocycles. The van der Waals surface area contributed by atoms with Gasteiger partial charge < -0.3 is 5.73 Å². The van der Waals surface area contributed by atoms with Crippen molar-refractivity contribution in [1.82, 2.24) is 0 Å². The highest BCUT2D eigenvalue weighted by Gasteiger charge is 2.01. The van der Waals surface area contributed by atoms with Gasteiger partial charge in [-0.1, -0.05) is 60.7 Å². The van der Waals surface area contributed by atoms with E-state index in [0.717, 1.165) is 11.1 Å². The summed E-state index contributed by atoms with van der Waals surface area (Å²) < 4.78 is 0. The molecule has 2 aromatic rings. The molecule has 2 rings (SSSR count). The summed E-state index contributed by atoms with van der Waals surface area (Å²) in [5.41, 5.74) is 8.01. The molecular formula is C14H15N3. The third kappa shape index (κ3) is 3.50. The molecule has 86 valence electrons. The zero-order valence-electron chi connectivity index (χ0n) is 9.53. The first-order chi connectivity index (χ1) is 8.36. The molecule has 0 radical (unpaired) electrons. The van der Waals surface area contributed by atoms with Gasteiger partial charge in [0.2, 0.25) is 0 Å². The monoisotopic (exact) mass is 225 g/mol. The van der Waals surface area contributed by atoms with Crippen molar-refractivity contribution >= 4 is 0 Å². The molecule has 0 bridgehead atoms. The van der Waals surface area contributed by atoms with E-state index < -0.39 is 0 Å². The Morgan fingerprint density at radius 2 is 1.47 bits per heavy atom. The summed E-state index contributed by atoms with van der Waals surface area (Å²) in [7, 11) is 0. The van der Waals surface area contributed by atoms with Gasteiger partial charge in [0.25, 0.3) is 0 Å². The molecule has 0 aliphatic carbocycles. The second-order valence-electron chi connectivity index (χ2n) is 3.76. The van der Waals surface area contributed by atoms with Gasteiger partial charge in [-0.3, -0.25) is 0 Å². The molecule has 2 aromatic carbocycles. The summed E-state index contributed by atoms with van der Waals surface area (Å²) in [6, 6.07) is 19.7. The van der Waals surface area contributed by atoms with Crippen LogP contribution in [0.1, 0.15) is 17.3 Å². The van der Waals surface area contributed by atoms with E-state index in [9.17, 15) is 0 Å². The number of nitrogens with zero attached hydrogens (tertiary/aromatic N) is 2. The Morgan fingerprint density at radius 3 is 2.12 bits per heavy atom. The van der Waals surface area contributed by atoms with Crippen LogP contribution >= 0.6 is 0 Å². The predicted molar refractivity (Wildman–Crippen MR) is 68.4 cm³/mol. The minimum Gasteiger partial charge on any atom is -0.304 e. The smallest absolute Gasteiger partial charge is 0.144 e. The third-order valence-corrected chi connectivity index (χ3v) is 2.44. The fraction of sp³-hybridized carbons (Fsp3) is 0.143. The Hall–Kier alpha value is -2.00. The Bertz CT molecular complexity index is 465. The average Bonchev–Trinajstić information content (AvgIpc) is 2.41.